The van der Waals surface area contributed by atoms with Gasteiger partial charge in [-0.1, -0.05) is 17.7 Å². The molecule has 0 saturated carbocycles. The Kier molecular flexibility index (Phi) is 5.16. The smallest absolute Gasteiger partial charge is 0.250 e. The highest BCUT2D eigenvalue weighted by molar-refractivity contribution is 7.14. The van der Waals surface area contributed by atoms with Gasteiger partial charge in [0.25, 0.3) is 5.91 Å². The topological polar surface area (TPSA) is 36.4 Å². The SMILES string of the molecule is Cc1csc(N(C)C(=O)[C@@H](c2c(F)cccc2Cl)N(C)C)n1. The van der Waals surface area contributed by atoms with E-state index in [9.17, 15) is 9.18 Å². The molecule has 0 aliphatic carbocycles. The Bertz CT molecular complexity index is 669. The molecule has 0 aliphatic rings. The number of carbonyl (C=O) groups is 1. The monoisotopic (exact) mass is 341 g/mol. The van der Waals surface area contributed by atoms with Gasteiger partial charge in [0.1, 0.15) is 11.9 Å². The second kappa shape index (κ2) is 6.73. The van der Waals surface area contributed by atoms with Gasteiger partial charge in [0.15, 0.2) is 5.13 Å². The maximum absolute atomic E-state index is 14.2. The quantitative estimate of drug-likeness (QED) is 0.853. The number of halogens is 2. The number of amides is 1. The first-order valence-electron chi connectivity index (χ1n) is 6.63. The number of hydrogen-bond acceptors (Lipinski definition) is 4. The summed E-state index contributed by atoms with van der Waals surface area (Å²) in [5.74, 6) is -0.783. The lowest BCUT2D eigenvalue weighted by Gasteiger charge is -2.28. The minimum atomic E-state index is -0.817. The molecule has 1 amide bonds. The molecule has 4 nitrogen and oxygen atoms in total. The summed E-state index contributed by atoms with van der Waals surface area (Å²) in [7, 11) is 5.06. The van der Waals surface area contributed by atoms with Gasteiger partial charge in [0, 0.05) is 23.0 Å². The van der Waals surface area contributed by atoms with Gasteiger partial charge in [0.2, 0.25) is 0 Å². The number of rotatable bonds is 4. The Hall–Kier alpha value is -1.50. The number of anilines is 1. The van der Waals surface area contributed by atoms with E-state index in [4.69, 9.17) is 11.6 Å². The molecule has 1 aromatic heterocycles. The van der Waals surface area contributed by atoms with Gasteiger partial charge >= 0.3 is 0 Å². The molecular weight excluding hydrogens is 325 g/mol. The lowest BCUT2D eigenvalue weighted by Crippen LogP contribution is -2.39. The number of thiazole rings is 1. The predicted octanol–water partition coefficient (Wildman–Crippen LogP) is 3.51. The number of nitrogens with zero attached hydrogens (tertiary/aromatic N) is 3. The minimum absolute atomic E-state index is 0.180. The van der Waals surface area contributed by atoms with Crippen LogP contribution in [0.1, 0.15) is 17.3 Å². The molecule has 0 fully saturated rings. The van der Waals surface area contributed by atoms with E-state index in [1.165, 1.54) is 28.4 Å². The number of hydrogen-bond donors (Lipinski definition) is 0. The van der Waals surface area contributed by atoms with Crippen molar-refractivity contribution in [1.82, 2.24) is 9.88 Å². The molecule has 0 saturated heterocycles. The fraction of sp³-hybridized carbons (Fsp3) is 0.333. The zero-order valence-electron chi connectivity index (χ0n) is 12.8. The van der Waals surface area contributed by atoms with Gasteiger partial charge < -0.3 is 0 Å². The van der Waals surface area contributed by atoms with Crippen molar-refractivity contribution in [2.75, 3.05) is 26.0 Å². The van der Waals surface area contributed by atoms with Crippen LogP contribution in [0, 0.1) is 12.7 Å². The average Bonchev–Trinajstić information content (AvgIpc) is 2.87. The molecule has 2 rings (SSSR count). The first-order valence-corrected chi connectivity index (χ1v) is 7.88. The van der Waals surface area contributed by atoms with Gasteiger partial charge in [-0.25, -0.2) is 9.37 Å². The highest BCUT2D eigenvalue weighted by Crippen LogP contribution is 2.31. The number of benzene rings is 1. The van der Waals surface area contributed by atoms with Crippen LogP contribution in [0.2, 0.25) is 5.02 Å². The van der Waals surface area contributed by atoms with Crippen LogP contribution in [0.4, 0.5) is 9.52 Å². The van der Waals surface area contributed by atoms with E-state index >= 15 is 0 Å². The standard InChI is InChI=1S/C15H17ClFN3OS/c1-9-8-22-15(18-9)20(4)14(21)13(19(2)3)12-10(16)6-5-7-11(12)17/h5-8,13H,1-4H3/t13-/m1/s1. The lowest BCUT2D eigenvalue weighted by atomic mass is 10.0. The third-order valence-electron chi connectivity index (χ3n) is 3.25. The van der Waals surface area contributed by atoms with Crippen LogP contribution < -0.4 is 4.90 Å². The minimum Gasteiger partial charge on any atom is -0.294 e. The summed E-state index contributed by atoms with van der Waals surface area (Å²) in [5.41, 5.74) is 1.02. The Morgan fingerprint density at radius 1 is 1.36 bits per heavy atom. The molecule has 0 unspecified atom stereocenters. The average molecular weight is 342 g/mol. The summed E-state index contributed by atoms with van der Waals surface area (Å²) in [6, 6.07) is 3.59. The van der Waals surface area contributed by atoms with Crippen molar-refractivity contribution < 1.29 is 9.18 Å². The summed E-state index contributed by atoms with van der Waals surface area (Å²) in [6.07, 6.45) is 0. The van der Waals surface area contributed by atoms with Gasteiger partial charge in [-0.3, -0.25) is 14.6 Å². The number of likely N-dealkylation sites (N-methyl/N-ethyl adjacent to an activating group) is 2. The molecule has 0 spiro atoms. The maximum atomic E-state index is 14.2. The third kappa shape index (κ3) is 3.29. The highest BCUT2D eigenvalue weighted by atomic mass is 35.5. The Labute approximate surface area is 138 Å². The first kappa shape index (κ1) is 16.9. The highest BCUT2D eigenvalue weighted by Gasteiger charge is 2.31. The van der Waals surface area contributed by atoms with Gasteiger partial charge in [0.05, 0.1) is 5.69 Å². The number of aryl methyl sites for hydroxylation is 1. The molecule has 0 radical (unpaired) electrons. The Morgan fingerprint density at radius 3 is 2.55 bits per heavy atom. The normalized spacial score (nSPS) is 12.5. The molecule has 0 N–H and O–H groups in total. The van der Waals surface area contributed by atoms with Crippen LogP contribution >= 0.6 is 22.9 Å². The molecular formula is C15H17ClFN3OS. The zero-order valence-corrected chi connectivity index (χ0v) is 14.4. The molecule has 2 aromatic rings. The van der Waals surface area contributed by atoms with Crippen molar-refractivity contribution in [3.8, 4) is 0 Å². The molecule has 118 valence electrons. The van der Waals surface area contributed by atoms with Crippen molar-refractivity contribution in [2.24, 2.45) is 0 Å². The molecule has 1 atom stereocenters. The summed E-state index contributed by atoms with van der Waals surface area (Å²) >= 11 is 7.48. The van der Waals surface area contributed by atoms with Crippen LogP contribution in [0.5, 0.6) is 0 Å². The largest absolute Gasteiger partial charge is 0.294 e. The van der Waals surface area contributed by atoms with E-state index in [1.807, 2.05) is 12.3 Å². The fourth-order valence-corrected chi connectivity index (χ4v) is 3.19. The molecule has 1 aromatic carbocycles. The van der Waals surface area contributed by atoms with Crippen molar-refractivity contribution in [2.45, 2.75) is 13.0 Å². The van der Waals surface area contributed by atoms with Gasteiger partial charge in [-0.05, 0) is 33.2 Å². The zero-order chi connectivity index (χ0) is 16.4. The third-order valence-corrected chi connectivity index (χ3v) is 4.61. The second-order valence-electron chi connectivity index (χ2n) is 5.17. The Balaban J connectivity index is 2.42. The van der Waals surface area contributed by atoms with Crippen LogP contribution in [0.25, 0.3) is 0 Å². The van der Waals surface area contributed by atoms with Crippen molar-refractivity contribution in [3.05, 3.63) is 45.7 Å². The van der Waals surface area contributed by atoms with Crippen LogP contribution in [-0.2, 0) is 4.79 Å². The maximum Gasteiger partial charge on any atom is 0.250 e. The van der Waals surface area contributed by atoms with E-state index in [1.54, 1.807) is 32.1 Å². The van der Waals surface area contributed by atoms with E-state index < -0.39 is 11.9 Å². The molecule has 22 heavy (non-hydrogen) atoms. The van der Waals surface area contributed by atoms with Crippen LogP contribution in [0.15, 0.2) is 23.6 Å². The molecule has 0 aliphatic heterocycles. The van der Waals surface area contributed by atoms with Crippen LogP contribution in [0.3, 0.4) is 0 Å². The van der Waals surface area contributed by atoms with Crippen LogP contribution in [-0.4, -0.2) is 36.9 Å². The molecule has 0 bridgehead atoms. The van der Waals surface area contributed by atoms with E-state index in [0.717, 1.165) is 5.69 Å². The van der Waals surface area contributed by atoms with E-state index in [2.05, 4.69) is 4.98 Å². The van der Waals surface area contributed by atoms with E-state index in [-0.39, 0.29) is 16.5 Å². The first-order chi connectivity index (χ1) is 10.3. The van der Waals surface area contributed by atoms with Crippen molar-refractivity contribution in [1.29, 1.82) is 0 Å². The Morgan fingerprint density at radius 2 is 2.05 bits per heavy atom. The van der Waals surface area contributed by atoms with Gasteiger partial charge in [-0.2, -0.15) is 0 Å². The fourth-order valence-electron chi connectivity index (χ4n) is 2.15. The summed E-state index contributed by atoms with van der Waals surface area (Å²) in [4.78, 5) is 20.2. The van der Waals surface area contributed by atoms with Crippen molar-refractivity contribution >= 4 is 34.0 Å². The summed E-state index contributed by atoms with van der Waals surface area (Å²) in [6.45, 7) is 1.86. The predicted molar refractivity (Wildman–Crippen MR) is 88.1 cm³/mol. The number of aromatic nitrogens is 1. The van der Waals surface area contributed by atoms with E-state index in [0.29, 0.717) is 5.13 Å². The summed E-state index contributed by atoms with van der Waals surface area (Å²) < 4.78 is 14.2. The molecule has 1 heterocycles. The van der Waals surface area contributed by atoms with Crippen molar-refractivity contribution in [3.63, 3.8) is 0 Å². The second-order valence-corrected chi connectivity index (χ2v) is 6.41. The summed E-state index contributed by atoms with van der Waals surface area (Å²) in [5, 5.41) is 2.66. The van der Waals surface area contributed by atoms with Gasteiger partial charge in [-0.15, -0.1) is 11.3 Å². The number of carbonyl (C=O) groups excluding carboxylic acids is 1. The lowest BCUT2D eigenvalue weighted by molar-refractivity contribution is -0.123. The molecule has 7 heteroatoms.